The first-order valence-corrected chi connectivity index (χ1v) is 6.24. The molecule has 0 aliphatic carbocycles. The van der Waals surface area contributed by atoms with E-state index in [9.17, 15) is 30.3 Å². The summed E-state index contributed by atoms with van der Waals surface area (Å²) in [6, 6.07) is 0.894. The van der Waals surface area contributed by atoms with Crippen molar-refractivity contribution in [1.29, 1.82) is 5.41 Å². The van der Waals surface area contributed by atoms with Gasteiger partial charge in [-0.25, -0.2) is 0 Å². The molecule has 0 spiro atoms. The highest BCUT2D eigenvalue weighted by Gasteiger charge is 2.30. The van der Waals surface area contributed by atoms with Crippen LogP contribution in [0, 0.1) is 35.8 Å². The van der Waals surface area contributed by atoms with Gasteiger partial charge in [-0.15, -0.1) is 0 Å². The number of nitro groups is 3. The topological polar surface area (TPSA) is 200 Å². The molecule has 0 bridgehead atoms. The Morgan fingerprint density at radius 2 is 1.57 bits per heavy atom. The van der Waals surface area contributed by atoms with Crippen LogP contribution < -0.4 is 5.73 Å². The summed E-state index contributed by atoms with van der Waals surface area (Å²) in [5, 5.41) is 47.0. The second-order valence-electron chi connectivity index (χ2n) is 4.23. The Kier molecular flexibility index (Phi) is 7.59. The number of nitrogens with zero attached hydrogens (tertiary/aromatic N) is 3. The Morgan fingerprint density at radius 1 is 1.13 bits per heavy atom. The molecule has 23 heavy (non-hydrogen) atoms. The lowest BCUT2D eigenvalue weighted by Crippen LogP contribution is -2.07. The van der Waals surface area contributed by atoms with Gasteiger partial charge in [-0.2, -0.15) is 0 Å². The molecule has 0 fully saturated rings. The monoisotopic (exact) mass is 329 g/mol. The van der Waals surface area contributed by atoms with Crippen molar-refractivity contribution >= 4 is 22.9 Å². The van der Waals surface area contributed by atoms with Gasteiger partial charge in [-0.05, 0) is 6.42 Å². The smallest absolute Gasteiger partial charge is 0.324 e. The van der Waals surface area contributed by atoms with Gasteiger partial charge >= 0.3 is 11.4 Å². The molecular formula is C11H15N5O7. The van der Waals surface area contributed by atoms with Crippen LogP contribution in [-0.4, -0.2) is 25.7 Å². The summed E-state index contributed by atoms with van der Waals surface area (Å²) in [5.41, 5.74) is 2.06. The number of non-ortho nitro benzene ring substituents is 1. The van der Waals surface area contributed by atoms with E-state index >= 15 is 0 Å². The van der Waals surface area contributed by atoms with Crippen LogP contribution >= 0.6 is 0 Å². The molecule has 0 aromatic heterocycles. The molecule has 12 heteroatoms. The number of phenolic OH excluding ortho intramolecular Hbond substituents is 1. The molecule has 0 saturated heterocycles. The number of hydrogen-bond acceptors (Lipinski definition) is 8. The molecule has 0 aliphatic heterocycles. The van der Waals surface area contributed by atoms with Crippen molar-refractivity contribution in [3.8, 4) is 5.75 Å². The van der Waals surface area contributed by atoms with Gasteiger partial charge in [0, 0.05) is 6.42 Å². The van der Waals surface area contributed by atoms with E-state index in [0.717, 1.165) is 19.3 Å². The minimum absolute atomic E-state index is 0.307. The molecule has 0 saturated carbocycles. The fourth-order valence-corrected chi connectivity index (χ4v) is 1.34. The van der Waals surface area contributed by atoms with Gasteiger partial charge in [-0.1, -0.05) is 13.3 Å². The summed E-state index contributed by atoms with van der Waals surface area (Å²) in [7, 11) is 0. The van der Waals surface area contributed by atoms with Crippen LogP contribution in [-0.2, 0) is 0 Å². The average Bonchev–Trinajstić information content (AvgIpc) is 2.44. The van der Waals surface area contributed by atoms with Crippen LogP contribution in [0.1, 0.15) is 26.2 Å². The van der Waals surface area contributed by atoms with Gasteiger partial charge in [0.15, 0.2) is 0 Å². The lowest BCUT2D eigenvalue weighted by molar-refractivity contribution is -0.404. The first kappa shape index (κ1) is 19.7. The molecule has 0 amide bonds. The third kappa shape index (κ3) is 6.33. The van der Waals surface area contributed by atoms with Crippen LogP contribution in [0.5, 0.6) is 5.75 Å². The predicted molar refractivity (Wildman–Crippen MR) is 79.5 cm³/mol. The minimum atomic E-state index is -1.21. The lowest BCUT2D eigenvalue weighted by atomic mass is 10.2. The van der Waals surface area contributed by atoms with Gasteiger partial charge < -0.3 is 10.8 Å². The molecule has 1 aromatic carbocycles. The minimum Gasteiger partial charge on any atom is -0.497 e. The Bertz CT molecular complexity index is 596. The van der Waals surface area contributed by atoms with E-state index in [2.05, 4.69) is 6.92 Å². The average molecular weight is 329 g/mol. The van der Waals surface area contributed by atoms with E-state index in [1.165, 1.54) is 0 Å². The van der Waals surface area contributed by atoms with Crippen molar-refractivity contribution in [1.82, 2.24) is 0 Å². The molecule has 0 heterocycles. The maximum absolute atomic E-state index is 10.4. The highest BCUT2D eigenvalue weighted by molar-refractivity contribution is 5.76. The van der Waals surface area contributed by atoms with E-state index in [0.29, 0.717) is 18.0 Å². The van der Waals surface area contributed by atoms with E-state index in [-0.39, 0.29) is 0 Å². The van der Waals surface area contributed by atoms with E-state index in [1.54, 1.807) is 0 Å². The van der Waals surface area contributed by atoms with Crippen LogP contribution in [0.25, 0.3) is 0 Å². The standard InChI is InChI=1S/C6H3N3O7.C5H12N2/c10-6-4(8(13)14)1-3(7(11)12)2-5(6)9(15)16;1-2-3-4-5(6)7/h1-2,10H;2-4H2,1H3,(H3,6,7). The molecule has 0 aliphatic rings. The first-order valence-electron chi connectivity index (χ1n) is 6.24. The molecule has 4 N–H and O–H groups in total. The van der Waals surface area contributed by atoms with Crippen LogP contribution in [0.15, 0.2) is 12.1 Å². The maximum Gasteiger partial charge on any atom is 0.324 e. The Balaban J connectivity index is 0.000000585. The van der Waals surface area contributed by atoms with Gasteiger partial charge in [-0.3, -0.25) is 35.8 Å². The molecule has 1 aromatic rings. The zero-order chi connectivity index (χ0) is 18.2. The van der Waals surface area contributed by atoms with Gasteiger partial charge in [0.05, 0.1) is 32.7 Å². The highest BCUT2D eigenvalue weighted by atomic mass is 16.6. The zero-order valence-electron chi connectivity index (χ0n) is 12.1. The molecule has 0 radical (unpaired) electrons. The number of rotatable bonds is 6. The van der Waals surface area contributed by atoms with Crippen LogP contribution in [0.3, 0.4) is 0 Å². The molecule has 0 atom stereocenters. The number of phenols is 1. The van der Waals surface area contributed by atoms with E-state index < -0.39 is 37.6 Å². The normalized spacial score (nSPS) is 9.43. The Morgan fingerprint density at radius 3 is 1.78 bits per heavy atom. The van der Waals surface area contributed by atoms with Crippen LogP contribution in [0.4, 0.5) is 17.1 Å². The first-order chi connectivity index (χ1) is 10.6. The number of unbranched alkanes of at least 4 members (excludes halogenated alkanes) is 1. The van der Waals surface area contributed by atoms with Crippen molar-refractivity contribution in [2.45, 2.75) is 26.2 Å². The maximum atomic E-state index is 10.4. The molecule has 1 rings (SSSR count). The van der Waals surface area contributed by atoms with E-state index in [1.807, 2.05) is 0 Å². The second kappa shape index (κ2) is 8.86. The van der Waals surface area contributed by atoms with Crippen molar-refractivity contribution in [2.24, 2.45) is 5.73 Å². The van der Waals surface area contributed by atoms with Crippen molar-refractivity contribution in [3.63, 3.8) is 0 Å². The van der Waals surface area contributed by atoms with Gasteiger partial charge in [0.25, 0.3) is 11.4 Å². The SMILES string of the molecule is CCCCC(=N)N.O=[N+]([O-])c1cc([N+](=O)[O-])c(O)c([N+](=O)[O-])c1. The third-order valence-electron chi connectivity index (χ3n) is 2.46. The zero-order valence-corrected chi connectivity index (χ0v) is 12.1. The van der Waals surface area contributed by atoms with E-state index in [4.69, 9.17) is 16.2 Å². The largest absolute Gasteiger partial charge is 0.497 e. The summed E-state index contributed by atoms with van der Waals surface area (Å²) < 4.78 is 0. The predicted octanol–water partition coefficient (Wildman–Crippen LogP) is 2.23. The fourth-order valence-electron chi connectivity index (χ4n) is 1.34. The highest BCUT2D eigenvalue weighted by Crippen LogP contribution is 2.38. The van der Waals surface area contributed by atoms with Crippen LogP contribution in [0.2, 0.25) is 0 Å². The summed E-state index contributed by atoms with van der Waals surface area (Å²) in [6.45, 7) is 2.09. The number of nitrogens with two attached hydrogens (primary N) is 1. The van der Waals surface area contributed by atoms with Gasteiger partial charge in [0.1, 0.15) is 0 Å². The van der Waals surface area contributed by atoms with Crippen molar-refractivity contribution in [3.05, 3.63) is 42.5 Å². The number of amidine groups is 1. The number of hydrogen-bond donors (Lipinski definition) is 3. The second-order valence-corrected chi connectivity index (χ2v) is 4.23. The summed E-state index contributed by atoms with van der Waals surface area (Å²) in [6.07, 6.45) is 2.94. The third-order valence-corrected chi connectivity index (χ3v) is 2.46. The summed E-state index contributed by atoms with van der Waals surface area (Å²) in [5.74, 6) is -0.901. The summed E-state index contributed by atoms with van der Waals surface area (Å²) >= 11 is 0. The quantitative estimate of drug-likeness (QED) is 0.305. The molecular weight excluding hydrogens is 314 g/mol. The number of benzene rings is 1. The molecule has 12 nitrogen and oxygen atoms in total. The van der Waals surface area contributed by atoms with Crippen molar-refractivity contribution < 1.29 is 19.9 Å². The fraction of sp³-hybridized carbons (Fsp3) is 0.364. The van der Waals surface area contributed by atoms with Crippen molar-refractivity contribution in [2.75, 3.05) is 0 Å². The summed E-state index contributed by atoms with van der Waals surface area (Å²) in [4.78, 5) is 27.8. The van der Waals surface area contributed by atoms with Gasteiger partial charge in [0.2, 0.25) is 0 Å². The number of nitro benzene ring substituents is 3. The molecule has 0 unspecified atom stereocenters. The lowest BCUT2D eigenvalue weighted by Gasteiger charge is -1.97. The number of aromatic hydroxyl groups is 1. The number of nitrogens with one attached hydrogen (secondary N) is 1. The Labute approximate surface area is 129 Å². The Hall–Kier alpha value is -3.31. The molecule has 126 valence electrons.